The van der Waals surface area contributed by atoms with Crippen molar-refractivity contribution in [1.29, 1.82) is 0 Å². The maximum absolute atomic E-state index is 13.0. The first-order valence-electron chi connectivity index (χ1n) is 8.46. The highest BCUT2D eigenvalue weighted by Crippen LogP contribution is 2.23. The monoisotopic (exact) mass is 385 g/mol. The van der Waals surface area contributed by atoms with Crippen LogP contribution < -0.4 is 11.1 Å². The van der Waals surface area contributed by atoms with E-state index in [4.69, 9.17) is 5.73 Å². The van der Waals surface area contributed by atoms with E-state index in [-0.39, 0.29) is 11.9 Å². The SMILES string of the molecule is Cc1ncc2ccc(-c3nc(N)nc(N[C@@H](C)c4ccnn4C(F)F)n3)cn12. The normalized spacial score (nSPS) is 12.6. The summed E-state index contributed by atoms with van der Waals surface area (Å²) in [6.07, 6.45) is 4.93. The van der Waals surface area contributed by atoms with Crippen LogP contribution in [-0.2, 0) is 0 Å². The smallest absolute Gasteiger partial charge is 0.333 e. The fourth-order valence-electron chi connectivity index (χ4n) is 2.94. The van der Waals surface area contributed by atoms with Crippen LogP contribution in [0.25, 0.3) is 16.9 Å². The zero-order chi connectivity index (χ0) is 19.8. The topological polar surface area (TPSA) is 112 Å². The van der Waals surface area contributed by atoms with Crippen molar-refractivity contribution < 1.29 is 8.78 Å². The Kier molecular flexibility index (Phi) is 4.34. The van der Waals surface area contributed by atoms with Gasteiger partial charge in [0.25, 0.3) is 0 Å². The van der Waals surface area contributed by atoms with Gasteiger partial charge >= 0.3 is 6.55 Å². The number of anilines is 2. The molecule has 28 heavy (non-hydrogen) atoms. The Morgan fingerprint density at radius 2 is 1.96 bits per heavy atom. The second kappa shape index (κ2) is 6.83. The average Bonchev–Trinajstić information content (AvgIpc) is 3.28. The predicted molar refractivity (Wildman–Crippen MR) is 98.7 cm³/mol. The Morgan fingerprint density at radius 3 is 2.75 bits per heavy atom. The van der Waals surface area contributed by atoms with Gasteiger partial charge in [0.05, 0.1) is 23.4 Å². The van der Waals surface area contributed by atoms with Crippen molar-refractivity contribution in [3.8, 4) is 11.4 Å². The van der Waals surface area contributed by atoms with Gasteiger partial charge in [0, 0.05) is 18.0 Å². The zero-order valence-electron chi connectivity index (χ0n) is 15.1. The highest BCUT2D eigenvalue weighted by atomic mass is 19.3. The number of nitrogens with two attached hydrogens (primary N) is 1. The fraction of sp³-hybridized carbons (Fsp3) is 0.235. The summed E-state index contributed by atoms with van der Waals surface area (Å²) in [5, 5.41) is 6.61. The van der Waals surface area contributed by atoms with Crippen LogP contribution in [0.2, 0.25) is 0 Å². The lowest BCUT2D eigenvalue weighted by molar-refractivity contribution is 0.0528. The number of aryl methyl sites for hydroxylation is 1. The molecule has 0 unspecified atom stereocenters. The predicted octanol–water partition coefficient (Wildman–Crippen LogP) is 2.84. The molecular formula is C17H17F2N9. The van der Waals surface area contributed by atoms with Gasteiger partial charge in [-0.05, 0) is 32.0 Å². The molecule has 0 aliphatic rings. The van der Waals surface area contributed by atoms with E-state index in [0.717, 1.165) is 16.9 Å². The molecule has 0 aliphatic carbocycles. The summed E-state index contributed by atoms with van der Waals surface area (Å²) in [6, 6.07) is 4.73. The Balaban J connectivity index is 1.66. The number of nitrogens with zero attached hydrogens (tertiary/aromatic N) is 7. The lowest BCUT2D eigenvalue weighted by atomic mass is 10.2. The minimum atomic E-state index is -2.74. The highest BCUT2D eigenvalue weighted by molar-refractivity contribution is 5.61. The van der Waals surface area contributed by atoms with Gasteiger partial charge in [-0.1, -0.05) is 0 Å². The first-order valence-corrected chi connectivity index (χ1v) is 8.46. The van der Waals surface area contributed by atoms with Gasteiger partial charge in [-0.2, -0.15) is 28.8 Å². The number of alkyl halides is 2. The van der Waals surface area contributed by atoms with Crippen molar-refractivity contribution in [1.82, 2.24) is 34.1 Å². The molecule has 0 aromatic carbocycles. The van der Waals surface area contributed by atoms with Gasteiger partial charge in [-0.15, -0.1) is 0 Å². The first-order chi connectivity index (χ1) is 13.4. The van der Waals surface area contributed by atoms with Crippen LogP contribution >= 0.6 is 0 Å². The number of hydrogen-bond acceptors (Lipinski definition) is 7. The average molecular weight is 385 g/mol. The molecule has 0 fully saturated rings. The van der Waals surface area contributed by atoms with E-state index in [0.29, 0.717) is 16.2 Å². The number of hydrogen-bond donors (Lipinski definition) is 2. The van der Waals surface area contributed by atoms with Crippen molar-refractivity contribution in [2.24, 2.45) is 0 Å². The molecule has 11 heteroatoms. The Bertz CT molecular complexity index is 1130. The number of pyridine rings is 1. The number of fused-ring (bicyclic) bond motifs is 1. The standard InChI is InChI=1S/C17H17F2N9/c1-9(13-5-6-22-28(13)15(18)19)23-17-25-14(24-16(20)26-17)11-3-4-12-7-21-10(2)27(12)8-11/h3-9,15H,1-2H3,(H3,20,23,24,25,26)/t9-/m0/s1. The summed E-state index contributed by atoms with van der Waals surface area (Å²) in [6.45, 7) is 0.855. The molecule has 1 atom stereocenters. The van der Waals surface area contributed by atoms with Gasteiger partial charge in [0.2, 0.25) is 11.9 Å². The fourth-order valence-corrected chi connectivity index (χ4v) is 2.94. The van der Waals surface area contributed by atoms with Crippen molar-refractivity contribution in [2.75, 3.05) is 11.1 Å². The molecule has 9 nitrogen and oxygen atoms in total. The Labute approximate surface area is 158 Å². The number of nitrogen functional groups attached to an aromatic ring is 1. The summed E-state index contributed by atoms with van der Waals surface area (Å²) in [4.78, 5) is 16.9. The Morgan fingerprint density at radius 1 is 1.14 bits per heavy atom. The van der Waals surface area contributed by atoms with Crippen LogP contribution in [0.4, 0.5) is 20.7 Å². The molecular weight excluding hydrogens is 368 g/mol. The lowest BCUT2D eigenvalue weighted by Crippen LogP contribution is -2.16. The highest BCUT2D eigenvalue weighted by Gasteiger charge is 2.18. The minimum Gasteiger partial charge on any atom is -0.368 e. The van der Waals surface area contributed by atoms with Crippen LogP contribution in [-0.4, -0.2) is 34.1 Å². The van der Waals surface area contributed by atoms with E-state index in [1.165, 1.54) is 12.3 Å². The molecule has 4 aromatic rings. The molecule has 0 bridgehead atoms. The first kappa shape index (κ1) is 17.8. The summed E-state index contributed by atoms with van der Waals surface area (Å²) < 4.78 is 28.6. The van der Waals surface area contributed by atoms with Crippen LogP contribution in [0, 0.1) is 6.92 Å². The number of halogens is 2. The quantitative estimate of drug-likeness (QED) is 0.543. The maximum atomic E-state index is 13.0. The van der Waals surface area contributed by atoms with Crippen molar-refractivity contribution in [2.45, 2.75) is 26.4 Å². The Hall–Kier alpha value is -3.63. The van der Waals surface area contributed by atoms with E-state index in [2.05, 4.69) is 30.4 Å². The van der Waals surface area contributed by atoms with Crippen LogP contribution in [0.1, 0.15) is 31.0 Å². The van der Waals surface area contributed by atoms with Crippen molar-refractivity contribution >= 4 is 17.4 Å². The molecule has 0 saturated carbocycles. The van der Waals surface area contributed by atoms with E-state index < -0.39 is 12.6 Å². The van der Waals surface area contributed by atoms with Gasteiger partial charge in [0.1, 0.15) is 5.82 Å². The minimum absolute atomic E-state index is 0.0181. The third-order valence-electron chi connectivity index (χ3n) is 4.30. The van der Waals surface area contributed by atoms with Crippen molar-refractivity contribution in [3.63, 3.8) is 0 Å². The number of nitrogens with one attached hydrogen (secondary N) is 1. The largest absolute Gasteiger partial charge is 0.368 e. The summed E-state index contributed by atoms with van der Waals surface area (Å²) in [5.41, 5.74) is 7.79. The van der Waals surface area contributed by atoms with Gasteiger partial charge in [-0.3, -0.25) is 0 Å². The van der Waals surface area contributed by atoms with E-state index in [1.54, 1.807) is 13.1 Å². The summed E-state index contributed by atoms with van der Waals surface area (Å²) >= 11 is 0. The lowest BCUT2D eigenvalue weighted by Gasteiger charge is -2.16. The van der Waals surface area contributed by atoms with E-state index in [9.17, 15) is 8.78 Å². The molecule has 4 aromatic heterocycles. The molecule has 0 saturated heterocycles. The van der Waals surface area contributed by atoms with E-state index >= 15 is 0 Å². The number of rotatable bonds is 5. The van der Waals surface area contributed by atoms with Gasteiger partial charge < -0.3 is 15.5 Å². The van der Waals surface area contributed by atoms with Gasteiger partial charge in [-0.25, -0.2) is 9.67 Å². The molecule has 3 N–H and O–H groups in total. The van der Waals surface area contributed by atoms with Crippen LogP contribution in [0.5, 0.6) is 0 Å². The summed E-state index contributed by atoms with van der Waals surface area (Å²) in [7, 11) is 0. The number of aromatic nitrogens is 7. The van der Waals surface area contributed by atoms with Gasteiger partial charge in [0.15, 0.2) is 5.82 Å². The second-order valence-corrected chi connectivity index (χ2v) is 6.20. The van der Waals surface area contributed by atoms with E-state index in [1.807, 2.05) is 29.7 Å². The molecule has 0 radical (unpaired) electrons. The maximum Gasteiger partial charge on any atom is 0.333 e. The molecule has 4 heterocycles. The molecule has 0 amide bonds. The molecule has 4 rings (SSSR count). The number of imidazole rings is 1. The van der Waals surface area contributed by atoms with Crippen molar-refractivity contribution in [3.05, 3.63) is 48.3 Å². The van der Waals surface area contributed by atoms with Crippen LogP contribution in [0.3, 0.4) is 0 Å². The zero-order valence-corrected chi connectivity index (χ0v) is 15.1. The second-order valence-electron chi connectivity index (χ2n) is 6.20. The van der Waals surface area contributed by atoms with Crippen LogP contribution in [0.15, 0.2) is 36.8 Å². The molecule has 144 valence electrons. The third kappa shape index (κ3) is 3.21. The summed E-state index contributed by atoms with van der Waals surface area (Å²) in [5.74, 6) is 1.38. The third-order valence-corrected chi connectivity index (χ3v) is 4.30. The molecule has 0 spiro atoms. The molecule has 0 aliphatic heterocycles.